The number of benzene rings is 2. The molecule has 8 nitrogen and oxygen atoms in total. The lowest BCUT2D eigenvalue weighted by atomic mass is 9.96. The lowest BCUT2D eigenvalue weighted by Gasteiger charge is -2.22. The molecule has 0 saturated carbocycles. The van der Waals surface area contributed by atoms with E-state index in [0.29, 0.717) is 42.3 Å². The second-order valence-corrected chi connectivity index (χ2v) is 12.4. The number of esters is 2. The van der Waals surface area contributed by atoms with E-state index in [1.165, 1.54) is 6.08 Å². The zero-order valence-corrected chi connectivity index (χ0v) is 28.2. The molecule has 0 bridgehead atoms. The first kappa shape index (κ1) is 36.9. The SMILES string of the molecule is C/C=C/Cc1cc(/C=C/C(=O)c2ccc(OCOC(=O)C(C)(C)C)cc2)c(OCC)c(C/C=C/C)c1OCOC(=O)C(C)(C)C. The summed E-state index contributed by atoms with van der Waals surface area (Å²) < 4.78 is 28.3. The number of hydrogen-bond donors (Lipinski definition) is 0. The van der Waals surface area contributed by atoms with Gasteiger partial charge in [-0.25, -0.2) is 0 Å². The Morgan fingerprint density at radius 2 is 1.29 bits per heavy atom. The fourth-order valence-corrected chi connectivity index (χ4v) is 3.93. The maximum atomic E-state index is 13.1. The van der Waals surface area contributed by atoms with Gasteiger partial charge in [0.15, 0.2) is 5.78 Å². The summed E-state index contributed by atoms with van der Waals surface area (Å²) >= 11 is 0. The van der Waals surface area contributed by atoms with Gasteiger partial charge in [0, 0.05) is 16.7 Å². The Balaban J connectivity index is 2.38. The van der Waals surface area contributed by atoms with Crippen molar-refractivity contribution < 1.29 is 38.1 Å². The van der Waals surface area contributed by atoms with Crippen molar-refractivity contribution in [1.82, 2.24) is 0 Å². The average molecular weight is 621 g/mol. The standard InChI is InChI=1S/C37H48O8/c1-10-13-15-27-23-28(19-22-31(38)26-17-20-29(21-18-26)42-24-44-34(39)36(4,5)6)32(41-12-3)30(16-14-11-2)33(27)43-25-45-35(40)37(7,8)9/h10-11,13-14,17-23H,12,15-16,24-25H2,1-9H3/b13-10+,14-11+,22-19+. The lowest BCUT2D eigenvalue weighted by molar-refractivity contribution is -0.160. The molecule has 0 amide bonds. The highest BCUT2D eigenvalue weighted by molar-refractivity contribution is 6.07. The molecule has 2 rings (SSSR count). The van der Waals surface area contributed by atoms with Crippen LogP contribution in [0, 0.1) is 10.8 Å². The quantitative estimate of drug-likeness (QED) is 0.0648. The molecule has 0 radical (unpaired) electrons. The molecule has 2 aromatic carbocycles. The van der Waals surface area contributed by atoms with Crippen molar-refractivity contribution in [3.05, 3.63) is 83.0 Å². The summed E-state index contributed by atoms with van der Waals surface area (Å²) in [5.74, 6) is 0.721. The van der Waals surface area contributed by atoms with E-state index in [1.807, 2.05) is 51.1 Å². The van der Waals surface area contributed by atoms with Gasteiger partial charge in [0.25, 0.3) is 0 Å². The highest BCUT2D eigenvalue weighted by Gasteiger charge is 2.25. The van der Waals surface area contributed by atoms with Crippen molar-refractivity contribution in [2.45, 2.75) is 75.2 Å². The molecule has 0 atom stereocenters. The second kappa shape index (κ2) is 17.2. The Morgan fingerprint density at radius 1 is 0.733 bits per heavy atom. The lowest BCUT2D eigenvalue weighted by Crippen LogP contribution is -2.25. The third-order valence-electron chi connectivity index (χ3n) is 6.44. The van der Waals surface area contributed by atoms with Gasteiger partial charge in [-0.05, 0) is 123 Å². The summed E-state index contributed by atoms with van der Waals surface area (Å²) in [6.45, 7) is 16.4. The van der Waals surface area contributed by atoms with Gasteiger partial charge in [0.2, 0.25) is 13.6 Å². The monoisotopic (exact) mass is 620 g/mol. The van der Waals surface area contributed by atoms with E-state index >= 15 is 0 Å². The molecule has 0 heterocycles. The molecule has 0 spiro atoms. The van der Waals surface area contributed by atoms with Crippen LogP contribution in [0.25, 0.3) is 6.08 Å². The summed E-state index contributed by atoms with van der Waals surface area (Å²) in [5, 5.41) is 0. The van der Waals surface area contributed by atoms with Crippen molar-refractivity contribution in [2.24, 2.45) is 10.8 Å². The van der Waals surface area contributed by atoms with Crippen molar-refractivity contribution in [3.8, 4) is 17.2 Å². The molecular weight excluding hydrogens is 572 g/mol. The number of carbonyl (C=O) groups is 3. The summed E-state index contributed by atoms with van der Waals surface area (Å²) in [6.07, 6.45) is 12.2. The summed E-state index contributed by atoms with van der Waals surface area (Å²) in [5.41, 5.74) is 1.57. The smallest absolute Gasteiger partial charge is 0.314 e. The molecule has 0 N–H and O–H groups in total. The largest absolute Gasteiger partial charge is 0.493 e. The predicted octanol–water partition coefficient (Wildman–Crippen LogP) is 8.07. The predicted molar refractivity (Wildman–Crippen MR) is 177 cm³/mol. The van der Waals surface area contributed by atoms with Gasteiger partial charge in [0.1, 0.15) is 17.2 Å². The minimum Gasteiger partial charge on any atom is -0.493 e. The van der Waals surface area contributed by atoms with E-state index in [9.17, 15) is 14.4 Å². The summed E-state index contributed by atoms with van der Waals surface area (Å²) in [4.78, 5) is 37.4. The topological polar surface area (TPSA) is 97.4 Å². The first-order valence-corrected chi connectivity index (χ1v) is 15.2. The maximum Gasteiger partial charge on any atom is 0.314 e. The van der Waals surface area contributed by atoms with Gasteiger partial charge >= 0.3 is 11.9 Å². The third-order valence-corrected chi connectivity index (χ3v) is 6.44. The first-order valence-electron chi connectivity index (χ1n) is 15.2. The van der Waals surface area contributed by atoms with Crippen LogP contribution in [0.5, 0.6) is 17.2 Å². The highest BCUT2D eigenvalue weighted by atomic mass is 16.7. The fraction of sp³-hybridized carbons (Fsp3) is 0.432. The number of ether oxygens (including phenoxy) is 5. The second-order valence-electron chi connectivity index (χ2n) is 12.4. The average Bonchev–Trinajstić information content (AvgIpc) is 2.98. The van der Waals surface area contributed by atoms with Crippen molar-refractivity contribution in [3.63, 3.8) is 0 Å². The van der Waals surface area contributed by atoms with Crippen LogP contribution in [0.4, 0.5) is 0 Å². The van der Waals surface area contributed by atoms with Crippen LogP contribution >= 0.6 is 0 Å². The van der Waals surface area contributed by atoms with Gasteiger partial charge in [-0.3, -0.25) is 14.4 Å². The van der Waals surface area contributed by atoms with E-state index in [1.54, 1.807) is 71.9 Å². The molecule has 0 fully saturated rings. The van der Waals surface area contributed by atoms with Crippen LogP contribution in [0.3, 0.4) is 0 Å². The van der Waals surface area contributed by atoms with Gasteiger partial charge < -0.3 is 23.7 Å². The van der Waals surface area contributed by atoms with E-state index in [-0.39, 0.29) is 31.3 Å². The van der Waals surface area contributed by atoms with E-state index in [4.69, 9.17) is 23.7 Å². The van der Waals surface area contributed by atoms with Gasteiger partial charge in [-0.2, -0.15) is 0 Å². The highest BCUT2D eigenvalue weighted by Crippen LogP contribution is 2.38. The molecule has 0 unspecified atom stereocenters. The number of rotatable bonds is 15. The number of carbonyl (C=O) groups excluding carboxylic acids is 3. The normalized spacial score (nSPS) is 12.1. The Labute approximate surface area is 268 Å². The first-order chi connectivity index (χ1) is 21.2. The van der Waals surface area contributed by atoms with Crippen LogP contribution in [0.15, 0.2) is 60.7 Å². The number of ketones is 1. The maximum absolute atomic E-state index is 13.1. The molecule has 0 saturated heterocycles. The van der Waals surface area contributed by atoms with Crippen molar-refractivity contribution in [2.75, 3.05) is 20.2 Å². The zero-order valence-electron chi connectivity index (χ0n) is 28.2. The Morgan fingerprint density at radius 3 is 1.82 bits per heavy atom. The Bertz CT molecular complexity index is 1380. The third kappa shape index (κ3) is 11.6. The van der Waals surface area contributed by atoms with E-state index in [0.717, 1.165) is 16.7 Å². The summed E-state index contributed by atoms with van der Waals surface area (Å²) in [6, 6.07) is 8.55. The van der Waals surface area contributed by atoms with Crippen LogP contribution in [-0.2, 0) is 31.9 Å². The number of allylic oxidation sites excluding steroid dienone is 5. The van der Waals surface area contributed by atoms with Crippen molar-refractivity contribution in [1.29, 1.82) is 0 Å². The minimum absolute atomic E-state index is 0.206. The Kier molecular flexibility index (Phi) is 14.1. The fourth-order valence-electron chi connectivity index (χ4n) is 3.93. The molecule has 0 aliphatic carbocycles. The van der Waals surface area contributed by atoms with Gasteiger partial charge in [-0.1, -0.05) is 24.3 Å². The molecule has 45 heavy (non-hydrogen) atoms. The molecule has 0 aromatic heterocycles. The van der Waals surface area contributed by atoms with E-state index in [2.05, 4.69) is 0 Å². The van der Waals surface area contributed by atoms with Gasteiger partial charge in [0.05, 0.1) is 17.4 Å². The van der Waals surface area contributed by atoms with Crippen LogP contribution in [0.2, 0.25) is 0 Å². The van der Waals surface area contributed by atoms with E-state index < -0.39 is 10.8 Å². The molecular formula is C37H48O8. The van der Waals surface area contributed by atoms with Crippen LogP contribution < -0.4 is 14.2 Å². The molecule has 0 aliphatic heterocycles. The molecule has 0 aliphatic rings. The van der Waals surface area contributed by atoms with Crippen LogP contribution in [0.1, 0.15) is 89.4 Å². The Hall–Kier alpha value is -4.33. The number of hydrogen-bond acceptors (Lipinski definition) is 8. The molecule has 2 aromatic rings. The summed E-state index contributed by atoms with van der Waals surface area (Å²) in [7, 11) is 0. The molecule has 8 heteroatoms. The van der Waals surface area contributed by atoms with Gasteiger partial charge in [-0.15, -0.1) is 0 Å². The molecule has 244 valence electrons. The van der Waals surface area contributed by atoms with Crippen molar-refractivity contribution >= 4 is 23.8 Å². The van der Waals surface area contributed by atoms with Crippen LogP contribution in [-0.4, -0.2) is 37.9 Å². The minimum atomic E-state index is -0.656. The zero-order chi connectivity index (χ0) is 33.6.